The molecule has 0 unspecified atom stereocenters. The summed E-state index contributed by atoms with van der Waals surface area (Å²) in [6.45, 7) is 3.39. The van der Waals surface area contributed by atoms with E-state index in [-0.39, 0.29) is 22.9 Å². The minimum absolute atomic E-state index is 0.0277. The van der Waals surface area contributed by atoms with Crippen LogP contribution in [0.25, 0.3) is 0 Å². The smallest absolute Gasteiger partial charge is 0.269 e. The molecule has 0 bridgehead atoms. The quantitative estimate of drug-likeness (QED) is 0.543. The first-order valence-corrected chi connectivity index (χ1v) is 12.5. The second kappa shape index (κ2) is 10.4. The van der Waals surface area contributed by atoms with Crippen LogP contribution in [0.1, 0.15) is 42.6 Å². The summed E-state index contributed by atoms with van der Waals surface area (Å²) < 4.78 is 26.3. The van der Waals surface area contributed by atoms with Crippen LogP contribution in [0.3, 0.4) is 0 Å². The molecule has 1 aliphatic heterocycles. The predicted octanol–water partition coefficient (Wildman–Crippen LogP) is 2.82. The van der Waals surface area contributed by atoms with Crippen molar-refractivity contribution in [3.8, 4) is 0 Å². The van der Waals surface area contributed by atoms with Crippen molar-refractivity contribution >= 4 is 39.3 Å². The summed E-state index contributed by atoms with van der Waals surface area (Å²) in [7, 11) is -4.15. The maximum atomic E-state index is 13.3. The number of carbonyl (C=O) groups excluding carboxylic acids is 3. The zero-order chi connectivity index (χ0) is 24.2. The molecule has 2 aromatic rings. The van der Waals surface area contributed by atoms with Crippen LogP contribution >= 0.6 is 11.6 Å². The number of hydrogen-bond acceptors (Lipinski definition) is 5. The van der Waals surface area contributed by atoms with Crippen LogP contribution in [0, 0.1) is 0 Å². The molecule has 3 amide bonds. The number of halogens is 1. The SMILES string of the molecule is CCCCNC(=O)[C@@H](C)N(Cc1ccc(Cl)cc1)C(=O)CN1C(=O)c2ccccc2S1(=O)=O. The maximum absolute atomic E-state index is 13.3. The number of unbranched alkanes of at least 4 members (excludes halogenated alkanes) is 1. The summed E-state index contributed by atoms with van der Waals surface area (Å²) in [5.41, 5.74) is 0.736. The van der Waals surface area contributed by atoms with Crippen molar-refractivity contribution in [3.05, 3.63) is 64.7 Å². The Hall–Kier alpha value is -2.91. The van der Waals surface area contributed by atoms with Crippen LogP contribution in [0.4, 0.5) is 0 Å². The number of carbonyl (C=O) groups is 3. The van der Waals surface area contributed by atoms with Gasteiger partial charge in [-0.2, -0.15) is 0 Å². The number of nitrogens with one attached hydrogen (secondary N) is 1. The van der Waals surface area contributed by atoms with Gasteiger partial charge in [-0.3, -0.25) is 14.4 Å². The molecule has 8 nitrogen and oxygen atoms in total. The Labute approximate surface area is 198 Å². The maximum Gasteiger partial charge on any atom is 0.269 e. The average molecular weight is 492 g/mol. The third kappa shape index (κ3) is 5.36. The lowest BCUT2D eigenvalue weighted by molar-refractivity contribution is -0.140. The number of hydrogen-bond donors (Lipinski definition) is 1. The molecule has 0 radical (unpaired) electrons. The summed E-state index contributed by atoms with van der Waals surface area (Å²) in [4.78, 5) is 39.9. The van der Waals surface area contributed by atoms with Crippen molar-refractivity contribution in [2.45, 2.75) is 44.2 Å². The van der Waals surface area contributed by atoms with Gasteiger partial charge in [0.05, 0.1) is 5.56 Å². The Kier molecular flexibility index (Phi) is 7.76. The largest absolute Gasteiger partial charge is 0.354 e. The fourth-order valence-electron chi connectivity index (χ4n) is 3.51. The third-order valence-electron chi connectivity index (χ3n) is 5.45. The third-order valence-corrected chi connectivity index (χ3v) is 7.49. The number of benzene rings is 2. The summed E-state index contributed by atoms with van der Waals surface area (Å²) in [5, 5.41) is 3.32. The van der Waals surface area contributed by atoms with Gasteiger partial charge in [-0.15, -0.1) is 0 Å². The van der Waals surface area contributed by atoms with Gasteiger partial charge in [0.2, 0.25) is 11.8 Å². The van der Waals surface area contributed by atoms with E-state index < -0.39 is 34.4 Å². The minimum Gasteiger partial charge on any atom is -0.354 e. The molecular formula is C23H26ClN3O5S. The van der Waals surface area contributed by atoms with Gasteiger partial charge in [0.25, 0.3) is 15.9 Å². The van der Waals surface area contributed by atoms with Gasteiger partial charge in [0.1, 0.15) is 17.5 Å². The van der Waals surface area contributed by atoms with Crippen LogP contribution in [0.2, 0.25) is 5.02 Å². The number of nitrogens with zero attached hydrogens (tertiary/aromatic N) is 2. The van der Waals surface area contributed by atoms with E-state index in [9.17, 15) is 22.8 Å². The first kappa shape index (κ1) is 24.7. The van der Waals surface area contributed by atoms with Crippen LogP contribution in [0.15, 0.2) is 53.4 Å². The molecule has 0 fully saturated rings. The van der Waals surface area contributed by atoms with Crippen molar-refractivity contribution < 1.29 is 22.8 Å². The second-order valence-corrected chi connectivity index (χ2v) is 10.0. The normalized spacial score (nSPS) is 15.1. The molecule has 176 valence electrons. The van der Waals surface area contributed by atoms with E-state index in [1.165, 1.54) is 23.1 Å². The Bertz CT molecular complexity index is 1150. The van der Waals surface area contributed by atoms with Crippen molar-refractivity contribution in [1.29, 1.82) is 0 Å². The van der Waals surface area contributed by atoms with Gasteiger partial charge in [0, 0.05) is 18.1 Å². The Balaban J connectivity index is 1.85. The van der Waals surface area contributed by atoms with Gasteiger partial charge in [-0.05, 0) is 43.2 Å². The highest BCUT2D eigenvalue weighted by Gasteiger charge is 2.43. The summed E-state index contributed by atoms with van der Waals surface area (Å²) in [6.07, 6.45) is 1.69. The zero-order valence-electron chi connectivity index (χ0n) is 18.5. The van der Waals surface area contributed by atoms with Crippen LogP contribution in [0.5, 0.6) is 0 Å². The number of amides is 3. The summed E-state index contributed by atoms with van der Waals surface area (Å²) in [5.74, 6) is -1.78. The highest BCUT2D eigenvalue weighted by Crippen LogP contribution is 2.30. The zero-order valence-corrected chi connectivity index (χ0v) is 20.0. The first-order valence-electron chi connectivity index (χ1n) is 10.6. The molecule has 33 heavy (non-hydrogen) atoms. The second-order valence-electron chi connectivity index (χ2n) is 7.78. The predicted molar refractivity (Wildman–Crippen MR) is 124 cm³/mol. The molecule has 0 saturated carbocycles. The Morgan fingerprint density at radius 2 is 1.79 bits per heavy atom. The number of rotatable bonds is 9. The summed E-state index contributed by atoms with van der Waals surface area (Å²) in [6, 6.07) is 11.7. The van der Waals surface area contributed by atoms with Gasteiger partial charge >= 0.3 is 0 Å². The van der Waals surface area contributed by atoms with Crippen LogP contribution in [-0.2, 0) is 26.2 Å². The van der Waals surface area contributed by atoms with E-state index >= 15 is 0 Å². The lowest BCUT2D eigenvalue weighted by atomic mass is 10.1. The highest BCUT2D eigenvalue weighted by molar-refractivity contribution is 7.90. The molecule has 10 heteroatoms. The fourth-order valence-corrected chi connectivity index (χ4v) is 5.15. The molecule has 0 aliphatic carbocycles. The monoisotopic (exact) mass is 491 g/mol. The van der Waals surface area contributed by atoms with Gasteiger partial charge in [-0.1, -0.05) is 49.2 Å². The van der Waals surface area contributed by atoms with E-state index in [0.717, 1.165) is 12.8 Å². The lowest BCUT2D eigenvalue weighted by Crippen LogP contribution is -2.51. The number of fused-ring (bicyclic) bond motifs is 1. The first-order chi connectivity index (χ1) is 15.7. The molecule has 2 aromatic carbocycles. The molecule has 1 N–H and O–H groups in total. The molecule has 0 spiro atoms. The van der Waals surface area contributed by atoms with Gasteiger partial charge < -0.3 is 10.2 Å². The average Bonchev–Trinajstić information content (AvgIpc) is 2.99. The molecule has 0 saturated heterocycles. The van der Waals surface area contributed by atoms with Crippen LogP contribution < -0.4 is 5.32 Å². The molecule has 1 heterocycles. The molecule has 3 rings (SSSR count). The highest BCUT2D eigenvalue weighted by atomic mass is 35.5. The Morgan fingerprint density at radius 3 is 2.42 bits per heavy atom. The van der Waals surface area contributed by atoms with Gasteiger partial charge in [0.15, 0.2) is 0 Å². The van der Waals surface area contributed by atoms with Gasteiger partial charge in [-0.25, -0.2) is 12.7 Å². The van der Waals surface area contributed by atoms with Crippen molar-refractivity contribution in [1.82, 2.24) is 14.5 Å². The minimum atomic E-state index is -4.15. The van der Waals surface area contributed by atoms with Crippen molar-refractivity contribution in [2.24, 2.45) is 0 Å². The molecular weight excluding hydrogens is 466 g/mol. The van der Waals surface area contributed by atoms with Crippen molar-refractivity contribution in [2.75, 3.05) is 13.1 Å². The fraction of sp³-hybridized carbons (Fsp3) is 0.348. The summed E-state index contributed by atoms with van der Waals surface area (Å²) >= 11 is 5.94. The molecule has 1 aliphatic rings. The lowest BCUT2D eigenvalue weighted by Gasteiger charge is -2.30. The number of sulfonamides is 1. The van der Waals surface area contributed by atoms with E-state index in [4.69, 9.17) is 11.6 Å². The standard InChI is InChI=1S/C23H26ClN3O5S/c1-3-4-13-25-22(29)16(2)26(14-17-9-11-18(24)12-10-17)21(28)15-27-23(30)19-7-5-6-8-20(19)33(27,31)32/h5-12,16H,3-4,13-15H2,1-2H3,(H,25,29)/t16-/m1/s1. The topological polar surface area (TPSA) is 104 Å². The van der Waals surface area contributed by atoms with E-state index in [1.54, 1.807) is 37.3 Å². The van der Waals surface area contributed by atoms with E-state index in [1.807, 2.05) is 6.92 Å². The van der Waals surface area contributed by atoms with Crippen molar-refractivity contribution in [3.63, 3.8) is 0 Å². The molecule has 1 atom stereocenters. The van der Waals surface area contributed by atoms with Crippen LogP contribution in [-0.4, -0.2) is 54.5 Å². The molecule has 0 aromatic heterocycles. The Morgan fingerprint density at radius 1 is 1.12 bits per heavy atom. The van der Waals surface area contributed by atoms with E-state index in [2.05, 4.69) is 5.32 Å². The van der Waals surface area contributed by atoms with E-state index in [0.29, 0.717) is 21.4 Å².